The average molecular weight is 449 g/mol. The molecule has 3 aromatic rings. The summed E-state index contributed by atoms with van der Waals surface area (Å²) in [5.41, 5.74) is 2.10. The van der Waals surface area contributed by atoms with Gasteiger partial charge in [-0.15, -0.1) is 0 Å². The van der Waals surface area contributed by atoms with E-state index < -0.39 is 0 Å². The molecule has 3 rings (SSSR count). The van der Waals surface area contributed by atoms with E-state index in [0.717, 1.165) is 35.5 Å². The molecule has 0 heterocycles. The normalized spacial score (nSPS) is 10.5. The van der Waals surface area contributed by atoms with Gasteiger partial charge in [0.05, 0.1) is 13.2 Å². The molecule has 33 heavy (non-hydrogen) atoms. The molecule has 0 N–H and O–H groups in total. The minimum atomic E-state index is -0.283. The van der Waals surface area contributed by atoms with E-state index >= 15 is 0 Å². The number of esters is 1. The summed E-state index contributed by atoms with van der Waals surface area (Å²) in [6, 6.07) is 22.9. The van der Waals surface area contributed by atoms with Crippen molar-refractivity contribution in [2.45, 2.75) is 46.1 Å². The second-order valence-electron chi connectivity index (χ2n) is 7.64. The predicted molar refractivity (Wildman–Crippen MR) is 129 cm³/mol. The molecule has 0 amide bonds. The molecule has 5 heteroatoms. The molecule has 5 nitrogen and oxygen atoms in total. The van der Waals surface area contributed by atoms with E-state index in [1.165, 1.54) is 0 Å². The fraction of sp³-hybridized carbons (Fsp3) is 0.321. The second-order valence-corrected chi connectivity index (χ2v) is 7.64. The van der Waals surface area contributed by atoms with Crippen LogP contribution in [0.25, 0.3) is 0 Å². The van der Waals surface area contributed by atoms with E-state index in [1.54, 1.807) is 24.3 Å². The van der Waals surface area contributed by atoms with E-state index in [-0.39, 0.29) is 12.4 Å². The van der Waals surface area contributed by atoms with Gasteiger partial charge in [0.1, 0.15) is 18.1 Å². The number of rotatable bonds is 13. The molecule has 0 fully saturated rings. The molecule has 0 aliphatic carbocycles. The van der Waals surface area contributed by atoms with Crippen LogP contribution in [0, 0.1) is 0 Å². The molecule has 0 saturated carbocycles. The van der Waals surface area contributed by atoms with Crippen molar-refractivity contribution in [3.8, 4) is 23.0 Å². The van der Waals surface area contributed by atoms with Gasteiger partial charge in [-0.3, -0.25) is 4.79 Å². The van der Waals surface area contributed by atoms with Crippen LogP contribution in [0.3, 0.4) is 0 Å². The standard InChI is InChI=1S/C28H32O5/c1-3-5-19-31-26-17-11-22(20-27(26)30-4-2)12-18-28(29)33-25-15-13-24(14-16-25)32-21-23-9-7-6-8-10-23/h6-11,13-17,20H,3-5,12,18-19,21H2,1-2H3. The lowest BCUT2D eigenvalue weighted by Crippen LogP contribution is -2.09. The third-order valence-electron chi connectivity index (χ3n) is 4.98. The summed E-state index contributed by atoms with van der Waals surface area (Å²) < 4.78 is 22.8. The van der Waals surface area contributed by atoms with Gasteiger partial charge in [0, 0.05) is 6.42 Å². The maximum absolute atomic E-state index is 12.3. The summed E-state index contributed by atoms with van der Waals surface area (Å²) >= 11 is 0. The zero-order valence-corrected chi connectivity index (χ0v) is 19.4. The second kappa shape index (κ2) is 13.2. The first kappa shape index (κ1) is 24.2. The van der Waals surface area contributed by atoms with Gasteiger partial charge in [-0.25, -0.2) is 0 Å². The molecule has 0 saturated heterocycles. The van der Waals surface area contributed by atoms with E-state index in [2.05, 4.69) is 6.92 Å². The molecular weight excluding hydrogens is 416 g/mol. The minimum absolute atomic E-state index is 0.272. The Morgan fingerprint density at radius 1 is 0.758 bits per heavy atom. The topological polar surface area (TPSA) is 54.0 Å². The van der Waals surface area contributed by atoms with Crippen molar-refractivity contribution in [1.29, 1.82) is 0 Å². The molecule has 0 aromatic heterocycles. The molecule has 0 aliphatic heterocycles. The molecule has 0 radical (unpaired) electrons. The number of benzene rings is 3. The Morgan fingerprint density at radius 2 is 1.52 bits per heavy atom. The van der Waals surface area contributed by atoms with E-state index in [9.17, 15) is 4.79 Å². The fourth-order valence-electron chi connectivity index (χ4n) is 3.20. The zero-order valence-electron chi connectivity index (χ0n) is 19.4. The highest BCUT2D eigenvalue weighted by Crippen LogP contribution is 2.29. The maximum atomic E-state index is 12.3. The molecule has 174 valence electrons. The highest BCUT2D eigenvalue weighted by Gasteiger charge is 2.10. The Balaban J connectivity index is 1.47. The van der Waals surface area contributed by atoms with Crippen molar-refractivity contribution >= 4 is 5.97 Å². The van der Waals surface area contributed by atoms with Gasteiger partial charge < -0.3 is 18.9 Å². The van der Waals surface area contributed by atoms with Crippen LogP contribution in [-0.2, 0) is 17.8 Å². The average Bonchev–Trinajstić information content (AvgIpc) is 2.84. The number of unbranched alkanes of at least 4 members (excludes halogenated alkanes) is 1. The number of hydrogen-bond acceptors (Lipinski definition) is 5. The quantitative estimate of drug-likeness (QED) is 0.172. The zero-order chi connectivity index (χ0) is 23.3. The molecule has 0 spiro atoms. The highest BCUT2D eigenvalue weighted by atomic mass is 16.5. The van der Waals surface area contributed by atoms with Crippen molar-refractivity contribution in [2.75, 3.05) is 13.2 Å². The van der Waals surface area contributed by atoms with Crippen LogP contribution in [0.5, 0.6) is 23.0 Å². The van der Waals surface area contributed by atoms with E-state index in [4.69, 9.17) is 18.9 Å². The first-order valence-corrected chi connectivity index (χ1v) is 11.5. The van der Waals surface area contributed by atoms with Crippen LogP contribution in [0.2, 0.25) is 0 Å². The summed E-state index contributed by atoms with van der Waals surface area (Å²) in [6.45, 7) is 5.78. The lowest BCUT2D eigenvalue weighted by Gasteiger charge is -2.13. The Labute approximate surface area is 196 Å². The van der Waals surface area contributed by atoms with Crippen molar-refractivity contribution < 1.29 is 23.7 Å². The van der Waals surface area contributed by atoms with Gasteiger partial charge >= 0.3 is 5.97 Å². The largest absolute Gasteiger partial charge is 0.490 e. The third kappa shape index (κ3) is 8.19. The molecule has 0 bridgehead atoms. The first-order valence-electron chi connectivity index (χ1n) is 11.5. The van der Waals surface area contributed by atoms with Crippen LogP contribution in [0.4, 0.5) is 0 Å². The summed E-state index contributed by atoms with van der Waals surface area (Å²) in [7, 11) is 0. The monoisotopic (exact) mass is 448 g/mol. The lowest BCUT2D eigenvalue weighted by molar-refractivity contribution is -0.134. The number of aryl methyl sites for hydroxylation is 1. The fourth-order valence-corrected chi connectivity index (χ4v) is 3.20. The smallest absolute Gasteiger partial charge is 0.311 e. The van der Waals surface area contributed by atoms with Crippen LogP contribution in [0.15, 0.2) is 72.8 Å². The van der Waals surface area contributed by atoms with Crippen LogP contribution in [-0.4, -0.2) is 19.2 Å². The number of ether oxygens (including phenoxy) is 4. The van der Waals surface area contributed by atoms with E-state index in [1.807, 2.05) is 55.5 Å². The minimum Gasteiger partial charge on any atom is -0.490 e. The highest BCUT2D eigenvalue weighted by molar-refractivity contribution is 5.72. The van der Waals surface area contributed by atoms with Gasteiger partial charge in [0.2, 0.25) is 0 Å². The Kier molecular flexibility index (Phi) is 9.64. The van der Waals surface area contributed by atoms with E-state index in [0.29, 0.717) is 37.7 Å². The van der Waals surface area contributed by atoms with Gasteiger partial charge in [-0.1, -0.05) is 49.7 Å². The number of carbonyl (C=O) groups is 1. The van der Waals surface area contributed by atoms with Crippen LogP contribution >= 0.6 is 0 Å². The van der Waals surface area contributed by atoms with Crippen molar-refractivity contribution in [1.82, 2.24) is 0 Å². The van der Waals surface area contributed by atoms with Crippen molar-refractivity contribution in [3.05, 3.63) is 83.9 Å². The Hall–Kier alpha value is -3.47. The summed E-state index contributed by atoms with van der Waals surface area (Å²) in [4.78, 5) is 12.3. The molecule has 3 aromatic carbocycles. The van der Waals surface area contributed by atoms with Gasteiger partial charge in [-0.2, -0.15) is 0 Å². The number of hydrogen-bond donors (Lipinski definition) is 0. The predicted octanol–water partition coefficient (Wildman–Crippen LogP) is 6.38. The Bertz CT molecular complexity index is 983. The van der Waals surface area contributed by atoms with Crippen molar-refractivity contribution in [2.24, 2.45) is 0 Å². The summed E-state index contributed by atoms with van der Waals surface area (Å²) in [6.07, 6.45) is 2.91. The Morgan fingerprint density at radius 3 is 2.24 bits per heavy atom. The van der Waals surface area contributed by atoms with Crippen LogP contribution in [0.1, 0.15) is 44.2 Å². The van der Waals surface area contributed by atoms with Gasteiger partial charge in [0.25, 0.3) is 0 Å². The van der Waals surface area contributed by atoms with Crippen LogP contribution < -0.4 is 18.9 Å². The summed E-state index contributed by atoms with van der Waals surface area (Å²) in [5, 5.41) is 0. The van der Waals surface area contributed by atoms with Gasteiger partial charge in [-0.05, 0) is 67.3 Å². The molecule has 0 aliphatic rings. The molecule has 0 atom stereocenters. The van der Waals surface area contributed by atoms with Crippen molar-refractivity contribution in [3.63, 3.8) is 0 Å². The lowest BCUT2D eigenvalue weighted by atomic mass is 10.1. The third-order valence-corrected chi connectivity index (χ3v) is 4.98. The first-order chi connectivity index (χ1) is 16.2. The SMILES string of the molecule is CCCCOc1ccc(CCC(=O)Oc2ccc(OCc3ccccc3)cc2)cc1OCC. The summed E-state index contributed by atoms with van der Waals surface area (Å²) in [5.74, 6) is 2.40. The molecular formula is C28H32O5. The molecule has 0 unspecified atom stereocenters. The maximum Gasteiger partial charge on any atom is 0.311 e. The number of carbonyl (C=O) groups excluding carboxylic acids is 1. The van der Waals surface area contributed by atoms with Gasteiger partial charge in [0.15, 0.2) is 11.5 Å².